The Morgan fingerprint density at radius 2 is 2.32 bits per heavy atom. The Morgan fingerprint density at radius 1 is 1.53 bits per heavy atom. The van der Waals surface area contributed by atoms with Crippen molar-refractivity contribution in [3.63, 3.8) is 0 Å². The summed E-state index contributed by atoms with van der Waals surface area (Å²) in [7, 11) is 1.65. The molecular weight excluding hydrogens is 264 g/mol. The van der Waals surface area contributed by atoms with Gasteiger partial charge in [0.25, 0.3) is 0 Å². The quantitative estimate of drug-likeness (QED) is 0.891. The van der Waals surface area contributed by atoms with Crippen LogP contribution in [0, 0.1) is 0 Å². The molecule has 1 unspecified atom stereocenters. The lowest BCUT2D eigenvalue weighted by molar-refractivity contribution is -0.122. The maximum atomic E-state index is 12.0. The molecule has 1 aliphatic heterocycles. The van der Waals surface area contributed by atoms with Gasteiger partial charge in [-0.2, -0.15) is 0 Å². The van der Waals surface area contributed by atoms with Crippen LogP contribution in [0.2, 0.25) is 5.02 Å². The summed E-state index contributed by atoms with van der Waals surface area (Å²) in [6.07, 6.45) is 2.92. The molecular formula is C14H19ClN2O2. The molecule has 104 valence electrons. The van der Waals surface area contributed by atoms with Crippen LogP contribution in [0.15, 0.2) is 18.2 Å². The number of benzene rings is 1. The molecule has 2 N–H and O–H groups in total. The van der Waals surface area contributed by atoms with Gasteiger partial charge in [-0.25, -0.2) is 0 Å². The number of nitrogens with one attached hydrogen (secondary N) is 1. The average molecular weight is 283 g/mol. The zero-order valence-corrected chi connectivity index (χ0v) is 11.8. The van der Waals surface area contributed by atoms with Crippen LogP contribution in [0.1, 0.15) is 24.8 Å². The summed E-state index contributed by atoms with van der Waals surface area (Å²) in [4.78, 5) is 14.0. The molecule has 0 bridgehead atoms. The Morgan fingerprint density at radius 3 is 3.00 bits per heavy atom. The van der Waals surface area contributed by atoms with Gasteiger partial charge >= 0.3 is 0 Å². The molecule has 0 saturated carbocycles. The van der Waals surface area contributed by atoms with E-state index >= 15 is 0 Å². The fourth-order valence-corrected chi connectivity index (χ4v) is 2.76. The number of hydrogen-bond donors (Lipinski definition) is 2. The summed E-state index contributed by atoms with van der Waals surface area (Å²) in [6, 6.07) is 5.22. The van der Waals surface area contributed by atoms with Crippen molar-refractivity contribution in [2.45, 2.75) is 31.9 Å². The molecule has 1 aromatic rings. The van der Waals surface area contributed by atoms with Crippen LogP contribution in [0.25, 0.3) is 0 Å². The predicted octanol–water partition coefficient (Wildman–Crippen LogP) is 1.94. The number of aliphatic hydroxyl groups excluding tert-OH is 1. The first kappa shape index (κ1) is 14.2. The van der Waals surface area contributed by atoms with Gasteiger partial charge < -0.3 is 15.3 Å². The van der Waals surface area contributed by atoms with Crippen LogP contribution >= 0.6 is 11.6 Å². The largest absolute Gasteiger partial charge is 0.392 e. The third kappa shape index (κ3) is 3.01. The minimum atomic E-state index is -0.178. The SMILES string of the molecule is CNC(=O)C1CCCCN1c1cc(Cl)ccc1CO. The number of nitrogens with zero attached hydrogens (tertiary/aromatic N) is 1. The smallest absolute Gasteiger partial charge is 0.242 e. The Labute approximate surface area is 118 Å². The van der Waals surface area contributed by atoms with Gasteiger partial charge in [0.1, 0.15) is 6.04 Å². The van der Waals surface area contributed by atoms with Crippen molar-refractivity contribution in [1.82, 2.24) is 5.32 Å². The van der Waals surface area contributed by atoms with Gasteiger partial charge in [0, 0.05) is 29.9 Å². The van der Waals surface area contributed by atoms with Crippen molar-refractivity contribution >= 4 is 23.2 Å². The van der Waals surface area contributed by atoms with Crippen LogP contribution in [0.3, 0.4) is 0 Å². The molecule has 4 nitrogen and oxygen atoms in total. The second-order valence-corrected chi connectivity index (χ2v) is 5.19. The number of likely N-dealkylation sites (N-methyl/N-ethyl adjacent to an activating group) is 1. The lowest BCUT2D eigenvalue weighted by Gasteiger charge is -2.37. The standard InChI is InChI=1S/C14H19ClN2O2/c1-16-14(19)12-4-2-3-7-17(12)13-8-11(15)6-5-10(13)9-18/h5-6,8,12,18H,2-4,7,9H2,1H3,(H,16,19). The molecule has 0 radical (unpaired) electrons. The highest BCUT2D eigenvalue weighted by Gasteiger charge is 2.29. The molecule has 19 heavy (non-hydrogen) atoms. The molecule has 1 atom stereocenters. The molecule has 0 aromatic heterocycles. The van der Waals surface area contributed by atoms with Crippen molar-refractivity contribution in [3.8, 4) is 0 Å². The Bertz CT molecular complexity index is 465. The molecule has 1 saturated heterocycles. The van der Waals surface area contributed by atoms with E-state index in [0.717, 1.165) is 37.1 Å². The normalized spacial score (nSPS) is 19.3. The van der Waals surface area contributed by atoms with Crippen LogP contribution in [-0.2, 0) is 11.4 Å². The first-order valence-corrected chi connectivity index (χ1v) is 6.92. The van der Waals surface area contributed by atoms with Gasteiger partial charge in [-0.15, -0.1) is 0 Å². The molecule has 1 fully saturated rings. The Hall–Kier alpha value is -1.26. The van der Waals surface area contributed by atoms with Gasteiger partial charge in [-0.1, -0.05) is 17.7 Å². The minimum absolute atomic E-state index is 0.0172. The zero-order valence-electron chi connectivity index (χ0n) is 11.0. The van der Waals surface area contributed by atoms with Gasteiger partial charge in [-0.3, -0.25) is 4.79 Å². The molecule has 0 aliphatic carbocycles. The number of anilines is 1. The number of carbonyl (C=O) groups excluding carboxylic acids is 1. The maximum Gasteiger partial charge on any atom is 0.242 e. The third-order valence-corrected chi connectivity index (χ3v) is 3.81. The Kier molecular flexibility index (Phi) is 4.66. The second kappa shape index (κ2) is 6.26. The number of halogens is 1. The molecule has 1 amide bonds. The van der Waals surface area contributed by atoms with E-state index in [1.165, 1.54) is 0 Å². The van der Waals surface area contributed by atoms with E-state index in [1.807, 2.05) is 12.1 Å². The molecule has 2 rings (SSSR count). The van der Waals surface area contributed by atoms with Crippen LogP contribution in [0.4, 0.5) is 5.69 Å². The van der Waals surface area contributed by atoms with Gasteiger partial charge in [0.05, 0.1) is 6.61 Å². The monoisotopic (exact) mass is 282 g/mol. The summed E-state index contributed by atoms with van der Waals surface area (Å²) in [6.45, 7) is 0.759. The van der Waals surface area contributed by atoms with E-state index in [-0.39, 0.29) is 18.6 Å². The van der Waals surface area contributed by atoms with Gasteiger partial charge in [0.15, 0.2) is 0 Å². The predicted molar refractivity (Wildman–Crippen MR) is 76.4 cm³/mol. The first-order valence-electron chi connectivity index (χ1n) is 6.55. The third-order valence-electron chi connectivity index (χ3n) is 3.58. The number of amides is 1. The number of hydrogen-bond acceptors (Lipinski definition) is 3. The number of rotatable bonds is 3. The summed E-state index contributed by atoms with van der Waals surface area (Å²) in [5, 5.41) is 12.8. The van der Waals surface area contributed by atoms with E-state index in [4.69, 9.17) is 11.6 Å². The van der Waals surface area contributed by atoms with Crippen LogP contribution in [-0.4, -0.2) is 30.6 Å². The van der Waals surface area contributed by atoms with Crippen molar-refractivity contribution in [1.29, 1.82) is 0 Å². The minimum Gasteiger partial charge on any atom is -0.392 e. The lowest BCUT2D eigenvalue weighted by atomic mass is 9.99. The zero-order chi connectivity index (χ0) is 13.8. The van der Waals surface area contributed by atoms with Crippen LogP contribution in [0.5, 0.6) is 0 Å². The topological polar surface area (TPSA) is 52.6 Å². The van der Waals surface area contributed by atoms with E-state index in [0.29, 0.717) is 5.02 Å². The fourth-order valence-electron chi connectivity index (χ4n) is 2.60. The van der Waals surface area contributed by atoms with Crippen molar-refractivity contribution in [2.24, 2.45) is 0 Å². The molecule has 1 heterocycles. The van der Waals surface area contributed by atoms with Crippen molar-refractivity contribution < 1.29 is 9.90 Å². The maximum absolute atomic E-state index is 12.0. The average Bonchev–Trinajstić information content (AvgIpc) is 2.46. The van der Waals surface area contributed by atoms with E-state index in [1.54, 1.807) is 13.1 Å². The van der Waals surface area contributed by atoms with E-state index in [9.17, 15) is 9.90 Å². The molecule has 1 aliphatic rings. The highest BCUT2D eigenvalue weighted by atomic mass is 35.5. The van der Waals surface area contributed by atoms with Crippen molar-refractivity contribution in [3.05, 3.63) is 28.8 Å². The highest BCUT2D eigenvalue weighted by Crippen LogP contribution is 2.30. The van der Waals surface area contributed by atoms with Crippen molar-refractivity contribution in [2.75, 3.05) is 18.5 Å². The van der Waals surface area contributed by atoms with Crippen LogP contribution < -0.4 is 10.2 Å². The van der Waals surface area contributed by atoms with Gasteiger partial charge in [-0.05, 0) is 31.4 Å². The summed E-state index contributed by atoms with van der Waals surface area (Å²) in [5.74, 6) is 0.0172. The molecule has 5 heteroatoms. The molecule has 0 spiro atoms. The summed E-state index contributed by atoms with van der Waals surface area (Å²) in [5.41, 5.74) is 1.67. The number of carbonyl (C=O) groups is 1. The summed E-state index contributed by atoms with van der Waals surface area (Å²) >= 11 is 6.05. The van der Waals surface area contributed by atoms with E-state index < -0.39 is 0 Å². The summed E-state index contributed by atoms with van der Waals surface area (Å²) < 4.78 is 0. The van der Waals surface area contributed by atoms with Gasteiger partial charge in [0.2, 0.25) is 5.91 Å². The highest BCUT2D eigenvalue weighted by molar-refractivity contribution is 6.30. The molecule has 1 aromatic carbocycles. The number of piperidine rings is 1. The lowest BCUT2D eigenvalue weighted by Crippen LogP contribution is -2.49. The Balaban J connectivity index is 2.36. The second-order valence-electron chi connectivity index (χ2n) is 4.75. The van der Waals surface area contributed by atoms with E-state index in [2.05, 4.69) is 10.2 Å². The first-order chi connectivity index (χ1) is 9.17. The fraction of sp³-hybridized carbons (Fsp3) is 0.500. The number of aliphatic hydroxyl groups is 1.